The molecule has 0 unspecified atom stereocenters. The molecule has 7 heteroatoms. The van der Waals surface area contributed by atoms with Gasteiger partial charge in [0.15, 0.2) is 11.5 Å². The fourth-order valence-electron chi connectivity index (χ4n) is 2.15. The Morgan fingerprint density at radius 3 is 2.92 bits per heavy atom. The van der Waals surface area contributed by atoms with Crippen LogP contribution in [-0.2, 0) is 5.75 Å². The number of amides is 1. The molecule has 25 heavy (non-hydrogen) atoms. The second-order valence-electron chi connectivity index (χ2n) is 5.22. The number of carbonyl (C=O) groups is 1. The number of aromatic nitrogens is 2. The lowest BCUT2D eigenvalue weighted by Gasteiger charge is -2.04. The quantitative estimate of drug-likeness (QED) is 0.655. The van der Waals surface area contributed by atoms with Gasteiger partial charge >= 0.3 is 0 Å². The summed E-state index contributed by atoms with van der Waals surface area (Å²) in [6.45, 7) is 0.465. The van der Waals surface area contributed by atoms with Crippen LogP contribution in [0.1, 0.15) is 16.1 Å². The molecule has 3 aromatic rings. The van der Waals surface area contributed by atoms with E-state index in [1.54, 1.807) is 48.4 Å². The minimum atomic E-state index is -0.301. The summed E-state index contributed by atoms with van der Waals surface area (Å²) in [4.78, 5) is 16.1. The second kappa shape index (κ2) is 8.43. The molecular formula is C18H16FN3O2S. The fraction of sp³-hybridized carbons (Fsp3) is 0.167. The van der Waals surface area contributed by atoms with E-state index in [-0.39, 0.29) is 17.4 Å². The standard InChI is InChI=1S/C18H16FN3O2S/c19-15-6-2-1-4-14(15)12-25-9-8-21-18(23)16-10-17(24-22-16)13-5-3-7-20-11-13/h1-7,10-11H,8-9,12H2,(H,21,23). The van der Waals surface area contributed by atoms with E-state index in [0.29, 0.717) is 29.4 Å². The fourth-order valence-corrected chi connectivity index (χ4v) is 3.00. The average molecular weight is 357 g/mol. The molecule has 0 spiro atoms. The summed E-state index contributed by atoms with van der Waals surface area (Å²) in [6, 6.07) is 11.9. The van der Waals surface area contributed by atoms with Crippen molar-refractivity contribution in [2.75, 3.05) is 12.3 Å². The van der Waals surface area contributed by atoms with Crippen LogP contribution in [-0.4, -0.2) is 28.3 Å². The van der Waals surface area contributed by atoms with Crippen LogP contribution in [0, 0.1) is 5.82 Å². The van der Waals surface area contributed by atoms with E-state index < -0.39 is 0 Å². The Balaban J connectivity index is 1.44. The van der Waals surface area contributed by atoms with Gasteiger partial charge in [0.05, 0.1) is 0 Å². The third-order valence-electron chi connectivity index (χ3n) is 3.44. The van der Waals surface area contributed by atoms with Gasteiger partial charge in [0, 0.05) is 42.1 Å². The molecule has 1 amide bonds. The number of rotatable bonds is 7. The zero-order chi connectivity index (χ0) is 17.5. The number of carbonyl (C=O) groups excluding carboxylic acids is 1. The number of pyridine rings is 1. The Morgan fingerprint density at radius 2 is 2.12 bits per heavy atom. The van der Waals surface area contributed by atoms with Gasteiger partial charge in [-0.3, -0.25) is 9.78 Å². The molecule has 0 saturated carbocycles. The van der Waals surface area contributed by atoms with E-state index in [1.165, 1.54) is 6.07 Å². The van der Waals surface area contributed by atoms with Crippen molar-refractivity contribution in [1.82, 2.24) is 15.5 Å². The maximum atomic E-state index is 13.5. The van der Waals surface area contributed by atoms with E-state index in [4.69, 9.17) is 4.52 Å². The number of benzene rings is 1. The molecule has 0 atom stereocenters. The summed E-state index contributed by atoms with van der Waals surface area (Å²) < 4.78 is 18.7. The topological polar surface area (TPSA) is 68.0 Å². The summed E-state index contributed by atoms with van der Waals surface area (Å²) in [5, 5.41) is 6.55. The highest BCUT2D eigenvalue weighted by Gasteiger charge is 2.13. The number of nitrogens with one attached hydrogen (secondary N) is 1. The van der Waals surface area contributed by atoms with Crippen molar-refractivity contribution in [3.05, 3.63) is 71.9 Å². The molecule has 0 fully saturated rings. The molecule has 2 aromatic heterocycles. The van der Waals surface area contributed by atoms with E-state index in [1.807, 2.05) is 12.1 Å². The Labute approximate surface area is 148 Å². The van der Waals surface area contributed by atoms with Gasteiger partial charge < -0.3 is 9.84 Å². The molecule has 5 nitrogen and oxygen atoms in total. The van der Waals surface area contributed by atoms with Crippen LogP contribution in [0.2, 0.25) is 0 Å². The van der Waals surface area contributed by atoms with Gasteiger partial charge in [0.25, 0.3) is 5.91 Å². The lowest BCUT2D eigenvalue weighted by Crippen LogP contribution is -2.26. The van der Waals surface area contributed by atoms with Gasteiger partial charge in [-0.2, -0.15) is 11.8 Å². The van der Waals surface area contributed by atoms with Crippen LogP contribution < -0.4 is 5.32 Å². The molecule has 0 aliphatic heterocycles. The van der Waals surface area contributed by atoms with E-state index >= 15 is 0 Å². The minimum Gasteiger partial charge on any atom is -0.355 e. The normalized spacial score (nSPS) is 10.6. The zero-order valence-electron chi connectivity index (χ0n) is 13.3. The molecule has 128 valence electrons. The molecule has 0 radical (unpaired) electrons. The van der Waals surface area contributed by atoms with Crippen LogP contribution >= 0.6 is 11.8 Å². The molecule has 1 N–H and O–H groups in total. The van der Waals surface area contributed by atoms with Gasteiger partial charge in [0.2, 0.25) is 0 Å². The number of hydrogen-bond donors (Lipinski definition) is 1. The summed E-state index contributed by atoms with van der Waals surface area (Å²) in [6.07, 6.45) is 3.30. The predicted molar refractivity (Wildman–Crippen MR) is 94.6 cm³/mol. The highest BCUT2D eigenvalue weighted by molar-refractivity contribution is 7.98. The molecule has 0 saturated heterocycles. The van der Waals surface area contributed by atoms with E-state index in [0.717, 1.165) is 5.56 Å². The Hall–Kier alpha value is -2.67. The molecule has 0 bridgehead atoms. The molecule has 2 heterocycles. The summed E-state index contributed by atoms with van der Waals surface area (Å²) in [5.74, 6) is 1.23. The van der Waals surface area contributed by atoms with Crippen LogP contribution in [0.15, 0.2) is 59.4 Å². The van der Waals surface area contributed by atoms with Gasteiger partial charge in [-0.1, -0.05) is 23.4 Å². The van der Waals surface area contributed by atoms with Crippen molar-refractivity contribution in [2.24, 2.45) is 0 Å². The van der Waals surface area contributed by atoms with Crippen molar-refractivity contribution in [3.63, 3.8) is 0 Å². The number of thioether (sulfide) groups is 1. The summed E-state index contributed by atoms with van der Waals surface area (Å²) in [5.41, 5.74) is 1.64. The van der Waals surface area contributed by atoms with Crippen molar-refractivity contribution in [3.8, 4) is 11.3 Å². The van der Waals surface area contributed by atoms with Crippen molar-refractivity contribution >= 4 is 17.7 Å². The second-order valence-corrected chi connectivity index (χ2v) is 6.32. The lowest BCUT2D eigenvalue weighted by atomic mass is 10.2. The molecule has 1 aromatic carbocycles. The summed E-state index contributed by atoms with van der Waals surface area (Å²) in [7, 11) is 0. The predicted octanol–water partition coefficient (Wildman–Crippen LogP) is 3.54. The highest BCUT2D eigenvalue weighted by Crippen LogP contribution is 2.19. The van der Waals surface area contributed by atoms with Crippen LogP contribution in [0.25, 0.3) is 11.3 Å². The summed E-state index contributed by atoms with van der Waals surface area (Å²) >= 11 is 1.55. The van der Waals surface area contributed by atoms with Crippen molar-refractivity contribution in [1.29, 1.82) is 0 Å². The monoisotopic (exact) mass is 357 g/mol. The first kappa shape index (κ1) is 17.2. The first-order valence-corrected chi connectivity index (χ1v) is 8.86. The van der Waals surface area contributed by atoms with Crippen LogP contribution in [0.4, 0.5) is 4.39 Å². The van der Waals surface area contributed by atoms with Gasteiger partial charge in [-0.05, 0) is 23.8 Å². The first-order valence-electron chi connectivity index (χ1n) is 7.70. The number of halogens is 1. The molecule has 0 aliphatic rings. The van der Waals surface area contributed by atoms with Crippen LogP contribution in [0.3, 0.4) is 0 Å². The lowest BCUT2D eigenvalue weighted by molar-refractivity contribution is 0.0947. The Kier molecular flexibility index (Phi) is 5.79. The molecular weight excluding hydrogens is 341 g/mol. The third-order valence-corrected chi connectivity index (χ3v) is 4.44. The van der Waals surface area contributed by atoms with E-state index in [9.17, 15) is 9.18 Å². The van der Waals surface area contributed by atoms with Gasteiger partial charge in [-0.25, -0.2) is 4.39 Å². The molecule has 3 rings (SSSR count). The van der Waals surface area contributed by atoms with Gasteiger partial charge in [-0.15, -0.1) is 0 Å². The highest BCUT2D eigenvalue weighted by atomic mass is 32.2. The average Bonchev–Trinajstić information content (AvgIpc) is 3.14. The number of nitrogens with zero attached hydrogens (tertiary/aromatic N) is 2. The SMILES string of the molecule is O=C(NCCSCc1ccccc1F)c1cc(-c2cccnc2)on1. The largest absolute Gasteiger partial charge is 0.355 e. The van der Waals surface area contributed by atoms with Crippen molar-refractivity contribution in [2.45, 2.75) is 5.75 Å². The maximum absolute atomic E-state index is 13.5. The number of hydrogen-bond acceptors (Lipinski definition) is 5. The van der Waals surface area contributed by atoms with Crippen molar-refractivity contribution < 1.29 is 13.7 Å². The third kappa shape index (κ3) is 4.67. The minimum absolute atomic E-state index is 0.204. The Bertz CT molecular complexity index is 839. The smallest absolute Gasteiger partial charge is 0.273 e. The maximum Gasteiger partial charge on any atom is 0.273 e. The van der Waals surface area contributed by atoms with Gasteiger partial charge in [0.1, 0.15) is 5.82 Å². The van der Waals surface area contributed by atoms with Crippen LogP contribution in [0.5, 0.6) is 0 Å². The Morgan fingerprint density at radius 1 is 1.24 bits per heavy atom. The van der Waals surface area contributed by atoms with E-state index in [2.05, 4.69) is 15.5 Å². The zero-order valence-corrected chi connectivity index (χ0v) is 14.1. The molecule has 0 aliphatic carbocycles. The first-order chi connectivity index (χ1) is 12.2.